The monoisotopic (exact) mass is 492 g/mol. The molecule has 0 unspecified atom stereocenters. The summed E-state index contributed by atoms with van der Waals surface area (Å²) in [6, 6.07) is 20.3. The SMILES string of the molecule is O=c1[nH]c(O)c(C=Nc2ccc(CN3CCCCC3)cc2)c2cc(Nc3ccc4c(c3)CCC4)ccc12. The molecule has 0 radical (unpaired) electrons. The summed E-state index contributed by atoms with van der Waals surface area (Å²) in [5, 5.41) is 15.2. The normalized spacial score (nSPS) is 15.9. The van der Waals surface area contributed by atoms with Crippen LogP contribution in [0.4, 0.5) is 17.1 Å². The van der Waals surface area contributed by atoms with Gasteiger partial charge in [0.1, 0.15) is 0 Å². The number of aromatic hydroxyl groups is 1. The van der Waals surface area contributed by atoms with E-state index in [1.165, 1.54) is 55.5 Å². The standard InChI is InChI=1S/C31H32N4O2/c36-30-27-14-13-26(33-25-12-9-22-5-4-6-23(22)17-25)18-28(27)29(31(37)34-30)19-32-24-10-7-21(8-11-24)20-35-15-2-1-3-16-35/h7-14,17-19,33H,1-6,15-16,20H2,(H2,34,36,37). The predicted molar refractivity (Wildman–Crippen MR) is 151 cm³/mol. The van der Waals surface area contributed by atoms with Crippen molar-refractivity contribution in [2.45, 2.75) is 45.1 Å². The van der Waals surface area contributed by atoms with Gasteiger partial charge in [0.25, 0.3) is 5.56 Å². The second-order valence-electron chi connectivity index (χ2n) is 10.2. The van der Waals surface area contributed by atoms with Gasteiger partial charge in [-0.1, -0.05) is 24.6 Å². The highest BCUT2D eigenvalue weighted by molar-refractivity contribution is 6.03. The van der Waals surface area contributed by atoms with E-state index in [4.69, 9.17) is 0 Å². The van der Waals surface area contributed by atoms with Crippen molar-refractivity contribution < 1.29 is 5.11 Å². The summed E-state index contributed by atoms with van der Waals surface area (Å²) in [6.45, 7) is 3.30. The van der Waals surface area contributed by atoms with Crippen molar-refractivity contribution >= 4 is 34.0 Å². The van der Waals surface area contributed by atoms with Crippen molar-refractivity contribution in [3.05, 3.63) is 93.3 Å². The number of piperidine rings is 1. The molecule has 37 heavy (non-hydrogen) atoms. The van der Waals surface area contributed by atoms with Gasteiger partial charge in [-0.2, -0.15) is 0 Å². The summed E-state index contributed by atoms with van der Waals surface area (Å²) in [5.74, 6) is -0.183. The van der Waals surface area contributed by atoms with Crippen LogP contribution in [0.2, 0.25) is 0 Å². The highest BCUT2D eigenvalue weighted by Crippen LogP contribution is 2.29. The summed E-state index contributed by atoms with van der Waals surface area (Å²) in [5.41, 5.74) is 6.95. The molecule has 0 bridgehead atoms. The molecule has 1 aromatic heterocycles. The van der Waals surface area contributed by atoms with E-state index in [2.05, 4.69) is 50.5 Å². The van der Waals surface area contributed by atoms with Crippen LogP contribution in [-0.2, 0) is 19.4 Å². The third-order valence-corrected chi connectivity index (χ3v) is 7.56. The molecule has 188 valence electrons. The molecule has 0 amide bonds. The number of H-pyrrole nitrogens is 1. The van der Waals surface area contributed by atoms with Gasteiger partial charge in [0.15, 0.2) is 0 Å². The molecule has 0 saturated carbocycles. The van der Waals surface area contributed by atoms with E-state index in [1.807, 2.05) is 24.3 Å². The molecular formula is C31H32N4O2. The maximum atomic E-state index is 12.5. The number of anilines is 2. The number of benzene rings is 3. The van der Waals surface area contributed by atoms with E-state index in [9.17, 15) is 9.90 Å². The van der Waals surface area contributed by atoms with Gasteiger partial charge < -0.3 is 10.4 Å². The first-order chi connectivity index (χ1) is 18.1. The summed E-state index contributed by atoms with van der Waals surface area (Å²) < 4.78 is 0. The van der Waals surface area contributed by atoms with Crippen LogP contribution >= 0.6 is 0 Å². The second kappa shape index (κ2) is 10.2. The molecule has 0 atom stereocenters. The fourth-order valence-electron chi connectivity index (χ4n) is 5.56. The van der Waals surface area contributed by atoms with E-state index in [0.29, 0.717) is 16.3 Å². The Hall–Kier alpha value is -3.90. The Bertz CT molecular complexity index is 1520. The molecule has 2 heterocycles. The van der Waals surface area contributed by atoms with Gasteiger partial charge in [0.2, 0.25) is 5.88 Å². The van der Waals surface area contributed by atoms with Crippen molar-refractivity contribution in [3.8, 4) is 5.88 Å². The lowest BCUT2D eigenvalue weighted by Gasteiger charge is -2.26. The summed E-state index contributed by atoms with van der Waals surface area (Å²) in [4.78, 5) is 22.2. The molecule has 2 aliphatic rings. The number of aryl methyl sites for hydroxylation is 2. The first-order valence-electron chi connectivity index (χ1n) is 13.3. The zero-order chi connectivity index (χ0) is 25.2. The summed E-state index contributed by atoms with van der Waals surface area (Å²) in [6.07, 6.45) is 9.01. The molecule has 6 heteroatoms. The average molecular weight is 493 g/mol. The smallest absolute Gasteiger partial charge is 0.258 e. The highest BCUT2D eigenvalue weighted by atomic mass is 16.3. The molecule has 3 N–H and O–H groups in total. The molecule has 6 rings (SSSR count). The lowest BCUT2D eigenvalue weighted by molar-refractivity contribution is 0.221. The lowest BCUT2D eigenvalue weighted by Crippen LogP contribution is -2.28. The van der Waals surface area contributed by atoms with E-state index in [-0.39, 0.29) is 11.4 Å². The second-order valence-corrected chi connectivity index (χ2v) is 10.2. The number of nitrogens with one attached hydrogen (secondary N) is 2. The quantitative estimate of drug-likeness (QED) is 0.280. The summed E-state index contributed by atoms with van der Waals surface area (Å²) in [7, 11) is 0. The van der Waals surface area contributed by atoms with E-state index in [1.54, 1.807) is 12.3 Å². The molecule has 4 aromatic rings. The third-order valence-electron chi connectivity index (χ3n) is 7.56. The zero-order valence-corrected chi connectivity index (χ0v) is 21.0. The average Bonchev–Trinajstić information content (AvgIpc) is 3.38. The van der Waals surface area contributed by atoms with Crippen LogP contribution in [0.25, 0.3) is 10.8 Å². The van der Waals surface area contributed by atoms with Crippen LogP contribution < -0.4 is 10.9 Å². The molecule has 3 aromatic carbocycles. The van der Waals surface area contributed by atoms with Crippen LogP contribution in [0.1, 0.15) is 47.9 Å². The number of fused-ring (bicyclic) bond motifs is 2. The Morgan fingerprint density at radius 2 is 1.62 bits per heavy atom. The van der Waals surface area contributed by atoms with Crippen LogP contribution in [0, 0.1) is 0 Å². The van der Waals surface area contributed by atoms with Crippen LogP contribution in [-0.4, -0.2) is 34.3 Å². The maximum absolute atomic E-state index is 12.5. The van der Waals surface area contributed by atoms with Crippen molar-refractivity contribution in [3.63, 3.8) is 0 Å². The van der Waals surface area contributed by atoms with Crippen molar-refractivity contribution in [1.82, 2.24) is 9.88 Å². The minimum atomic E-state index is -0.323. The van der Waals surface area contributed by atoms with Gasteiger partial charge in [-0.3, -0.25) is 19.7 Å². The number of pyridine rings is 1. The van der Waals surface area contributed by atoms with Gasteiger partial charge >= 0.3 is 0 Å². The van der Waals surface area contributed by atoms with E-state index >= 15 is 0 Å². The summed E-state index contributed by atoms with van der Waals surface area (Å²) >= 11 is 0. The Balaban J connectivity index is 1.26. The molecule has 6 nitrogen and oxygen atoms in total. The van der Waals surface area contributed by atoms with Crippen molar-refractivity contribution in [2.24, 2.45) is 4.99 Å². The molecule has 0 spiro atoms. The predicted octanol–water partition coefficient (Wildman–Crippen LogP) is 6.20. The third kappa shape index (κ3) is 5.16. The van der Waals surface area contributed by atoms with Crippen molar-refractivity contribution in [2.75, 3.05) is 18.4 Å². The first kappa shape index (κ1) is 23.5. The fourth-order valence-corrected chi connectivity index (χ4v) is 5.56. The number of nitrogens with zero attached hydrogens (tertiary/aromatic N) is 2. The topological polar surface area (TPSA) is 80.7 Å². The number of rotatable bonds is 6. The fraction of sp³-hybridized carbons (Fsp3) is 0.290. The number of aromatic amines is 1. The van der Waals surface area contributed by atoms with E-state index < -0.39 is 0 Å². The zero-order valence-electron chi connectivity index (χ0n) is 21.0. The molecule has 1 aliphatic carbocycles. The van der Waals surface area contributed by atoms with Gasteiger partial charge in [-0.15, -0.1) is 0 Å². The Morgan fingerprint density at radius 3 is 2.46 bits per heavy atom. The Kier molecular flexibility index (Phi) is 6.49. The number of aliphatic imine (C=N–C) groups is 1. The van der Waals surface area contributed by atoms with Crippen LogP contribution in [0.15, 0.2) is 70.5 Å². The van der Waals surface area contributed by atoms with Crippen LogP contribution in [0.3, 0.4) is 0 Å². The minimum absolute atomic E-state index is 0.183. The number of hydrogen-bond acceptors (Lipinski definition) is 5. The number of hydrogen-bond donors (Lipinski definition) is 3. The molecule has 1 fully saturated rings. The lowest BCUT2D eigenvalue weighted by atomic mass is 10.1. The van der Waals surface area contributed by atoms with Gasteiger partial charge in [-0.05, 0) is 104 Å². The van der Waals surface area contributed by atoms with Gasteiger partial charge in [-0.25, -0.2) is 0 Å². The Labute approximate surface area is 216 Å². The maximum Gasteiger partial charge on any atom is 0.258 e. The number of aromatic nitrogens is 1. The first-order valence-corrected chi connectivity index (χ1v) is 13.3. The minimum Gasteiger partial charge on any atom is -0.494 e. The highest BCUT2D eigenvalue weighted by Gasteiger charge is 2.13. The van der Waals surface area contributed by atoms with Crippen LogP contribution in [0.5, 0.6) is 5.88 Å². The molecular weight excluding hydrogens is 460 g/mol. The van der Waals surface area contributed by atoms with Gasteiger partial charge in [0.05, 0.1) is 11.3 Å². The van der Waals surface area contributed by atoms with Gasteiger partial charge in [0, 0.05) is 34.9 Å². The largest absolute Gasteiger partial charge is 0.494 e. The van der Waals surface area contributed by atoms with E-state index in [0.717, 1.165) is 36.4 Å². The number of likely N-dealkylation sites (tertiary alicyclic amines) is 1. The Morgan fingerprint density at radius 1 is 0.865 bits per heavy atom. The molecule has 1 aliphatic heterocycles. The molecule has 1 saturated heterocycles. The van der Waals surface area contributed by atoms with Crippen molar-refractivity contribution in [1.29, 1.82) is 0 Å².